The van der Waals surface area contributed by atoms with Crippen LogP contribution in [0.2, 0.25) is 0 Å². The lowest BCUT2D eigenvalue weighted by Gasteiger charge is -2.41. The number of piperidine rings is 3. The quantitative estimate of drug-likeness (QED) is 0.736. The Morgan fingerprint density at radius 3 is 2.40 bits per heavy atom. The maximum Gasteiger partial charge on any atom is 0.416 e. The Kier molecular flexibility index (Phi) is 3.07. The summed E-state index contributed by atoms with van der Waals surface area (Å²) < 4.78 is 38.9. The first-order chi connectivity index (χ1) is 9.47. The van der Waals surface area contributed by atoms with E-state index in [1.807, 2.05) is 4.90 Å². The number of hydrogen-bond donors (Lipinski definition) is 0. The Bertz CT molecular complexity index is 569. The fourth-order valence-corrected chi connectivity index (χ4v) is 2.94. The maximum absolute atomic E-state index is 13.0. The molecule has 3 saturated heterocycles. The molecule has 0 aliphatic carbocycles. The van der Waals surface area contributed by atoms with Gasteiger partial charge in [-0.25, -0.2) is 0 Å². The molecule has 0 amide bonds. The smallest absolute Gasteiger partial charge is 0.369 e. The molecule has 4 rings (SSSR count). The van der Waals surface area contributed by atoms with Gasteiger partial charge in [-0.3, -0.25) is 4.79 Å². The fraction of sp³-hybridized carbons (Fsp3) is 0.400. The predicted octanol–water partition coefficient (Wildman–Crippen LogP) is 3.34. The minimum absolute atomic E-state index is 0.00991. The molecule has 2 nitrogen and oxygen atoms in total. The molecule has 20 heavy (non-hydrogen) atoms. The van der Waals surface area contributed by atoms with Gasteiger partial charge in [-0.15, -0.1) is 0 Å². The SMILES string of the molecule is O=C1C(=Cc2ccccc2C(F)(F)F)N2CCC1CC2. The molecule has 0 radical (unpaired) electrons. The molecule has 0 saturated carbocycles. The Morgan fingerprint density at radius 1 is 1.15 bits per heavy atom. The number of halogens is 3. The van der Waals surface area contributed by atoms with Gasteiger partial charge in [-0.05, 0) is 30.5 Å². The Balaban J connectivity index is 2.03. The third kappa shape index (κ3) is 2.21. The number of fused-ring (bicyclic) bond motifs is 3. The van der Waals surface area contributed by atoms with E-state index >= 15 is 0 Å². The zero-order chi connectivity index (χ0) is 14.3. The van der Waals surface area contributed by atoms with Gasteiger partial charge in [-0.2, -0.15) is 13.2 Å². The van der Waals surface area contributed by atoms with E-state index in [-0.39, 0.29) is 17.3 Å². The van der Waals surface area contributed by atoms with Gasteiger partial charge in [0.15, 0.2) is 5.78 Å². The van der Waals surface area contributed by atoms with Crippen LogP contribution in [-0.2, 0) is 11.0 Å². The van der Waals surface area contributed by atoms with Crippen LogP contribution in [0.25, 0.3) is 6.08 Å². The van der Waals surface area contributed by atoms with Crippen LogP contribution >= 0.6 is 0 Å². The molecule has 0 unspecified atom stereocenters. The first-order valence-electron chi connectivity index (χ1n) is 6.64. The van der Waals surface area contributed by atoms with Crippen LogP contribution in [0.5, 0.6) is 0 Å². The van der Waals surface area contributed by atoms with E-state index < -0.39 is 11.7 Å². The van der Waals surface area contributed by atoms with Crippen LogP contribution < -0.4 is 0 Å². The predicted molar refractivity (Wildman–Crippen MR) is 68.7 cm³/mol. The second-order valence-electron chi connectivity index (χ2n) is 5.24. The van der Waals surface area contributed by atoms with Gasteiger partial charge in [0.1, 0.15) is 0 Å². The summed E-state index contributed by atoms with van der Waals surface area (Å²) in [6, 6.07) is 5.38. The van der Waals surface area contributed by atoms with E-state index in [2.05, 4.69) is 0 Å². The topological polar surface area (TPSA) is 20.3 Å². The molecule has 0 aromatic heterocycles. The van der Waals surface area contributed by atoms with Gasteiger partial charge in [0, 0.05) is 19.0 Å². The second kappa shape index (κ2) is 4.65. The number of alkyl halides is 3. The summed E-state index contributed by atoms with van der Waals surface area (Å²) in [5.74, 6) is -0.0243. The molecule has 2 bridgehead atoms. The molecule has 3 aliphatic heterocycles. The number of Topliss-reactive ketones (excluding diaryl/α,β-unsaturated/α-hetero) is 1. The molecule has 0 spiro atoms. The van der Waals surface area contributed by atoms with E-state index in [1.165, 1.54) is 18.2 Å². The number of nitrogens with zero attached hydrogens (tertiary/aromatic N) is 1. The molecule has 3 heterocycles. The fourth-order valence-electron chi connectivity index (χ4n) is 2.94. The van der Waals surface area contributed by atoms with E-state index in [9.17, 15) is 18.0 Å². The number of benzene rings is 1. The van der Waals surface area contributed by atoms with Crippen LogP contribution in [0, 0.1) is 5.92 Å². The van der Waals surface area contributed by atoms with Gasteiger partial charge in [0.2, 0.25) is 0 Å². The Hall–Kier alpha value is -1.78. The summed E-state index contributed by atoms with van der Waals surface area (Å²) in [5, 5.41) is 0. The van der Waals surface area contributed by atoms with E-state index in [4.69, 9.17) is 0 Å². The van der Waals surface area contributed by atoms with Gasteiger partial charge in [-0.1, -0.05) is 18.2 Å². The average molecular weight is 281 g/mol. The molecule has 1 aromatic carbocycles. The molecule has 0 N–H and O–H groups in total. The average Bonchev–Trinajstić information content (AvgIpc) is 2.43. The number of hydrogen-bond acceptors (Lipinski definition) is 2. The minimum atomic E-state index is -4.40. The number of carbonyl (C=O) groups excluding carboxylic acids is 1. The number of carbonyl (C=O) groups is 1. The highest BCUT2D eigenvalue weighted by atomic mass is 19.4. The molecule has 3 aliphatic rings. The summed E-state index contributed by atoms with van der Waals surface area (Å²) in [6.45, 7) is 1.52. The lowest BCUT2D eigenvalue weighted by molar-refractivity contribution is -0.137. The summed E-state index contributed by atoms with van der Waals surface area (Å²) in [7, 11) is 0. The normalized spacial score (nSPS) is 21.9. The number of ketones is 1. The molecule has 0 atom stereocenters. The van der Waals surface area contributed by atoms with Crippen LogP contribution in [0.15, 0.2) is 30.0 Å². The van der Waals surface area contributed by atoms with Gasteiger partial charge in [0.05, 0.1) is 11.3 Å². The van der Waals surface area contributed by atoms with Crippen molar-refractivity contribution in [3.63, 3.8) is 0 Å². The molecular weight excluding hydrogens is 267 g/mol. The standard InChI is InChI=1S/C15H14F3NO/c16-15(17,18)12-4-2-1-3-11(12)9-13-14(20)10-5-7-19(13)8-6-10/h1-4,9-10H,5-8H2. The highest BCUT2D eigenvalue weighted by molar-refractivity contribution is 6.02. The van der Waals surface area contributed by atoms with Crippen molar-refractivity contribution in [2.45, 2.75) is 19.0 Å². The maximum atomic E-state index is 13.0. The van der Waals surface area contributed by atoms with Crippen molar-refractivity contribution < 1.29 is 18.0 Å². The number of allylic oxidation sites excluding steroid dienone is 1. The van der Waals surface area contributed by atoms with Crippen molar-refractivity contribution in [3.8, 4) is 0 Å². The van der Waals surface area contributed by atoms with Crippen LogP contribution in [-0.4, -0.2) is 23.8 Å². The summed E-state index contributed by atoms with van der Waals surface area (Å²) in [6.07, 6.45) is -1.37. The molecule has 3 fully saturated rings. The summed E-state index contributed by atoms with van der Waals surface area (Å²) in [4.78, 5) is 14.1. The van der Waals surface area contributed by atoms with Crippen LogP contribution in [0.1, 0.15) is 24.0 Å². The summed E-state index contributed by atoms with van der Waals surface area (Å²) in [5.41, 5.74) is -0.192. The van der Waals surface area contributed by atoms with Crippen molar-refractivity contribution in [2.24, 2.45) is 5.92 Å². The van der Waals surface area contributed by atoms with Gasteiger partial charge in [0.25, 0.3) is 0 Å². The van der Waals surface area contributed by atoms with Crippen LogP contribution in [0.4, 0.5) is 13.2 Å². The zero-order valence-corrected chi connectivity index (χ0v) is 10.8. The molecule has 106 valence electrons. The third-order valence-electron chi connectivity index (χ3n) is 4.02. The lowest BCUT2D eigenvalue weighted by atomic mass is 9.84. The van der Waals surface area contributed by atoms with E-state index in [1.54, 1.807) is 6.07 Å². The monoisotopic (exact) mass is 281 g/mol. The third-order valence-corrected chi connectivity index (χ3v) is 4.02. The Morgan fingerprint density at radius 2 is 1.80 bits per heavy atom. The first-order valence-corrected chi connectivity index (χ1v) is 6.64. The van der Waals surface area contributed by atoms with Crippen molar-refractivity contribution >= 4 is 11.9 Å². The Labute approximate surface area is 114 Å². The molecular formula is C15H14F3NO. The van der Waals surface area contributed by atoms with Crippen molar-refractivity contribution in [3.05, 3.63) is 41.1 Å². The van der Waals surface area contributed by atoms with Gasteiger partial charge < -0.3 is 4.90 Å². The van der Waals surface area contributed by atoms with Gasteiger partial charge >= 0.3 is 6.18 Å². The van der Waals surface area contributed by atoms with E-state index in [0.717, 1.165) is 32.0 Å². The first kappa shape index (κ1) is 13.2. The van der Waals surface area contributed by atoms with Crippen LogP contribution in [0.3, 0.4) is 0 Å². The molecule has 1 aromatic rings. The second-order valence-corrected chi connectivity index (χ2v) is 5.24. The van der Waals surface area contributed by atoms with Crippen molar-refractivity contribution in [1.82, 2.24) is 4.90 Å². The van der Waals surface area contributed by atoms with Crippen molar-refractivity contribution in [1.29, 1.82) is 0 Å². The minimum Gasteiger partial charge on any atom is -0.369 e. The number of rotatable bonds is 1. The highest BCUT2D eigenvalue weighted by Crippen LogP contribution is 2.36. The van der Waals surface area contributed by atoms with Crippen molar-refractivity contribution in [2.75, 3.05) is 13.1 Å². The van der Waals surface area contributed by atoms with E-state index in [0.29, 0.717) is 5.70 Å². The lowest BCUT2D eigenvalue weighted by Crippen LogP contribution is -2.45. The zero-order valence-electron chi connectivity index (χ0n) is 10.8. The largest absolute Gasteiger partial charge is 0.416 e. The molecule has 5 heteroatoms. The summed E-state index contributed by atoms with van der Waals surface area (Å²) >= 11 is 0. The highest BCUT2D eigenvalue weighted by Gasteiger charge is 2.37.